The molecule has 142 valence electrons. The number of halogens is 3. The normalized spacial score (nSPS) is 12.4. The zero-order chi connectivity index (χ0) is 19.9. The van der Waals surface area contributed by atoms with Crippen molar-refractivity contribution in [3.8, 4) is 11.5 Å². The molecule has 0 unspecified atom stereocenters. The van der Waals surface area contributed by atoms with E-state index < -0.39 is 11.7 Å². The van der Waals surface area contributed by atoms with E-state index in [-0.39, 0.29) is 11.5 Å². The quantitative estimate of drug-likeness (QED) is 0.544. The van der Waals surface area contributed by atoms with Gasteiger partial charge in [-0.25, -0.2) is 4.98 Å². The third-order valence-corrected chi connectivity index (χ3v) is 5.68. The van der Waals surface area contributed by atoms with Gasteiger partial charge in [-0.2, -0.15) is 13.2 Å². The number of hydrogen-bond donors (Lipinski definition) is 2. The molecule has 0 bridgehead atoms. The average molecular weight is 393 g/mol. The van der Waals surface area contributed by atoms with E-state index in [1.165, 1.54) is 17.4 Å². The minimum absolute atomic E-state index is 0.109. The van der Waals surface area contributed by atoms with Gasteiger partial charge in [0.1, 0.15) is 11.5 Å². The summed E-state index contributed by atoms with van der Waals surface area (Å²) in [7, 11) is 0. The first-order valence-corrected chi connectivity index (χ1v) is 9.06. The smallest absolute Gasteiger partial charge is 0.416 e. The molecule has 0 aliphatic carbocycles. The van der Waals surface area contributed by atoms with Gasteiger partial charge in [-0.1, -0.05) is 12.2 Å². The zero-order valence-electron chi connectivity index (χ0n) is 15.0. The van der Waals surface area contributed by atoms with Crippen LogP contribution >= 0.6 is 11.3 Å². The van der Waals surface area contributed by atoms with Crippen LogP contribution in [-0.2, 0) is 12.6 Å². The fourth-order valence-electron chi connectivity index (χ4n) is 2.86. The van der Waals surface area contributed by atoms with Crippen LogP contribution in [0.15, 0.2) is 24.3 Å². The molecule has 0 amide bonds. The SMILES string of the molecule is Cc1c(C)c(O)c(/C=C/Cc2nc3cc(C(F)(F)F)ccc3s2)c(C)c1O. The number of rotatable bonds is 3. The molecule has 1 aromatic heterocycles. The van der Waals surface area contributed by atoms with Crippen LogP contribution in [0.5, 0.6) is 11.5 Å². The number of aromatic nitrogens is 1. The molecule has 0 atom stereocenters. The second-order valence-corrected chi connectivity index (χ2v) is 7.50. The maximum atomic E-state index is 12.8. The van der Waals surface area contributed by atoms with Gasteiger partial charge in [0.05, 0.1) is 20.8 Å². The summed E-state index contributed by atoms with van der Waals surface area (Å²) in [6.45, 7) is 5.19. The molecule has 0 saturated heterocycles. The number of aromatic hydroxyl groups is 2. The van der Waals surface area contributed by atoms with Gasteiger partial charge in [0.25, 0.3) is 0 Å². The number of fused-ring (bicyclic) bond motifs is 1. The molecule has 3 aromatic rings. The minimum Gasteiger partial charge on any atom is -0.507 e. The van der Waals surface area contributed by atoms with Crippen molar-refractivity contribution in [2.75, 3.05) is 0 Å². The van der Waals surface area contributed by atoms with E-state index in [1.807, 2.05) is 0 Å². The minimum atomic E-state index is -4.39. The van der Waals surface area contributed by atoms with Crippen LogP contribution in [0.2, 0.25) is 0 Å². The van der Waals surface area contributed by atoms with Crippen molar-refractivity contribution < 1.29 is 23.4 Å². The third kappa shape index (κ3) is 3.64. The molecular weight excluding hydrogens is 375 g/mol. The van der Waals surface area contributed by atoms with Gasteiger partial charge in [-0.3, -0.25) is 0 Å². The van der Waals surface area contributed by atoms with Crippen LogP contribution in [0.1, 0.15) is 32.8 Å². The van der Waals surface area contributed by atoms with Gasteiger partial charge in [0.2, 0.25) is 0 Å². The predicted molar refractivity (Wildman–Crippen MR) is 101 cm³/mol. The standard InChI is InChI=1S/C20H18F3NO2S/c1-10-11(2)19(26)14(12(3)18(10)25)5-4-6-17-24-15-9-13(20(21,22)23)7-8-16(15)27-17/h4-5,7-9,25-26H,6H2,1-3H3/b5-4+. The second-order valence-electron chi connectivity index (χ2n) is 6.38. The Bertz CT molecular complexity index is 1020. The van der Waals surface area contributed by atoms with E-state index in [0.717, 1.165) is 12.1 Å². The van der Waals surface area contributed by atoms with Crippen molar-refractivity contribution in [2.45, 2.75) is 33.4 Å². The van der Waals surface area contributed by atoms with E-state index in [4.69, 9.17) is 0 Å². The summed E-state index contributed by atoms with van der Waals surface area (Å²) in [4.78, 5) is 4.27. The fraction of sp³-hybridized carbons (Fsp3) is 0.250. The van der Waals surface area contributed by atoms with E-state index in [0.29, 0.717) is 43.9 Å². The van der Waals surface area contributed by atoms with Gasteiger partial charge < -0.3 is 10.2 Å². The Hall–Kier alpha value is -2.54. The topological polar surface area (TPSA) is 53.4 Å². The lowest BCUT2D eigenvalue weighted by molar-refractivity contribution is -0.137. The molecule has 2 N–H and O–H groups in total. The highest BCUT2D eigenvalue weighted by Gasteiger charge is 2.30. The van der Waals surface area contributed by atoms with Gasteiger partial charge in [0.15, 0.2) is 0 Å². The van der Waals surface area contributed by atoms with Crippen molar-refractivity contribution in [3.63, 3.8) is 0 Å². The van der Waals surface area contributed by atoms with Crippen LogP contribution < -0.4 is 0 Å². The van der Waals surface area contributed by atoms with Crippen molar-refractivity contribution in [1.82, 2.24) is 4.98 Å². The van der Waals surface area contributed by atoms with Crippen molar-refractivity contribution in [1.29, 1.82) is 0 Å². The van der Waals surface area contributed by atoms with Crippen LogP contribution in [-0.4, -0.2) is 15.2 Å². The Kier molecular flexibility index (Phi) is 4.90. The molecular formula is C20H18F3NO2S. The lowest BCUT2D eigenvalue weighted by atomic mass is 9.97. The van der Waals surface area contributed by atoms with Crippen molar-refractivity contribution in [2.24, 2.45) is 0 Å². The number of allylic oxidation sites excluding steroid dienone is 1. The number of phenolic OH excluding ortho intramolecular Hbond substituents is 2. The number of thiazole rings is 1. The first kappa shape index (κ1) is 19.2. The molecule has 0 aliphatic heterocycles. The summed E-state index contributed by atoms with van der Waals surface area (Å²) >= 11 is 1.33. The summed E-state index contributed by atoms with van der Waals surface area (Å²) in [5, 5.41) is 21.1. The molecule has 2 aromatic carbocycles. The zero-order valence-corrected chi connectivity index (χ0v) is 15.8. The summed E-state index contributed by atoms with van der Waals surface area (Å²) in [6.07, 6.45) is -0.506. The van der Waals surface area contributed by atoms with Gasteiger partial charge in [0, 0.05) is 17.5 Å². The summed E-state index contributed by atoms with van der Waals surface area (Å²) < 4.78 is 39.1. The lowest BCUT2D eigenvalue weighted by Gasteiger charge is -2.13. The maximum absolute atomic E-state index is 12.8. The third-order valence-electron chi connectivity index (χ3n) is 4.62. The molecule has 0 fully saturated rings. The highest BCUT2D eigenvalue weighted by Crippen LogP contribution is 2.37. The van der Waals surface area contributed by atoms with Crippen LogP contribution in [0.3, 0.4) is 0 Å². The average Bonchev–Trinajstić information content (AvgIpc) is 3.02. The molecule has 0 spiro atoms. The van der Waals surface area contributed by atoms with Crippen LogP contribution in [0.25, 0.3) is 16.3 Å². The van der Waals surface area contributed by atoms with Crippen LogP contribution in [0, 0.1) is 20.8 Å². The van der Waals surface area contributed by atoms with E-state index in [9.17, 15) is 23.4 Å². The first-order valence-electron chi connectivity index (χ1n) is 8.24. The fourth-order valence-corrected chi connectivity index (χ4v) is 3.79. The highest BCUT2D eigenvalue weighted by molar-refractivity contribution is 7.18. The van der Waals surface area contributed by atoms with Gasteiger partial charge in [-0.15, -0.1) is 11.3 Å². The Balaban J connectivity index is 1.87. The van der Waals surface area contributed by atoms with E-state index in [1.54, 1.807) is 32.9 Å². The number of benzene rings is 2. The summed E-state index contributed by atoms with van der Waals surface area (Å²) in [6, 6.07) is 3.54. The maximum Gasteiger partial charge on any atom is 0.416 e. The summed E-state index contributed by atoms with van der Waals surface area (Å²) in [5.41, 5.74) is 1.95. The largest absolute Gasteiger partial charge is 0.507 e. The second kappa shape index (κ2) is 6.88. The molecule has 3 rings (SSSR count). The first-order chi connectivity index (χ1) is 12.6. The summed E-state index contributed by atoms with van der Waals surface area (Å²) in [5.74, 6) is 0.253. The molecule has 0 radical (unpaired) electrons. The molecule has 1 heterocycles. The van der Waals surface area contributed by atoms with Crippen LogP contribution in [0.4, 0.5) is 13.2 Å². The highest BCUT2D eigenvalue weighted by atomic mass is 32.1. The van der Waals surface area contributed by atoms with Gasteiger partial charge >= 0.3 is 6.18 Å². The van der Waals surface area contributed by atoms with E-state index >= 15 is 0 Å². The number of alkyl halides is 3. The van der Waals surface area contributed by atoms with Crippen molar-refractivity contribution >= 4 is 27.6 Å². The monoisotopic (exact) mass is 393 g/mol. The molecule has 0 aliphatic rings. The molecule has 3 nitrogen and oxygen atoms in total. The van der Waals surface area contributed by atoms with Gasteiger partial charge in [-0.05, 0) is 50.1 Å². The Morgan fingerprint density at radius 3 is 2.37 bits per heavy atom. The Labute approximate surface area is 158 Å². The Morgan fingerprint density at radius 1 is 1.04 bits per heavy atom. The predicted octanol–water partition coefficient (Wildman–Crippen LogP) is 5.91. The number of nitrogens with zero attached hydrogens (tertiary/aromatic N) is 1. The molecule has 0 saturated carbocycles. The van der Waals surface area contributed by atoms with E-state index in [2.05, 4.69) is 4.98 Å². The van der Waals surface area contributed by atoms with Crippen molar-refractivity contribution in [3.05, 3.63) is 57.1 Å². The molecule has 7 heteroatoms. The number of phenols is 2. The lowest BCUT2D eigenvalue weighted by Crippen LogP contribution is -2.03. The molecule has 27 heavy (non-hydrogen) atoms. The number of hydrogen-bond acceptors (Lipinski definition) is 4. The Morgan fingerprint density at radius 2 is 1.70 bits per heavy atom.